The molecule has 1 fully saturated rings. The Morgan fingerprint density at radius 1 is 1.36 bits per heavy atom. The fourth-order valence-electron chi connectivity index (χ4n) is 2.84. The number of hydrogen-bond acceptors (Lipinski definition) is 6. The van der Waals surface area contributed by atoms with Gasteiger partial charge in [-0.3, -0.25) is 4.90 Å². The van der Waals surface area contributed by atoms with Gasteiger partial charge in [0.15, 0.2) is 5.82 Å². The zero-order valence-corrected chi connectivity index (χ0v) is 14.3. The third-order valence-corrected chi connectivity index (χ3v) is 4.12. The average molecular weight is 346 g/mol. The lowest BCUT2D eigenvalue weighted by molar-refractivity contribution is -0.0266. The van der Waals surface area contributed by atoms with Gasteiger partial charge in [0.2, 0.25) is 0 Å². The van der Waals surface area contributed by atoms with E-state index < -0.39 is 0 Å². The van der Waals surface area contributed by atoms with Crippen molar-refractivity contribution in [2.24, 2.45) is 0 Å². The predicted octanol–water partition coefficient (Wildman–Crippen LogP) is 1.83. The summed E-state index contributed by atoms with van der Waals surface area (Å²) in [6.07, 6.45) is 1.77. The van der Waals surface area contributed by atoms with E-state index >= 15 is 0 Å². The molecule has 7 heteroatoms. The number of hydrogen-bond donors (Lipinski definition) is 0. The summed E-state index contributed by atoms with van der Waals surface area (Å²) in [7, 11) is 1.99. The van der Waals surface area contributed by atoms with Crippen molar-refractivity contribution >= 4 is 5.82 Å². The molecule has 2 aromatic rings. The van der Waals surface area contributed by atoms with Crippen LogP contribution in [0.25, 0.3) is 0 Å². The van der Waals surface area contributed by atoms with E-state index in [0.29, 0.717) is 19.0 Å². The van der Waals surface area contributed by atoms with Crippen LogP contribution in [-0.4, -0.2) is 67.6 Å². The second-order valence-electron chi connectivity index (χ2n) is 6.06. The quantitative estimate of drug-likeness (QED) is 0.762. The SMILES string of the molecule is CN(CC1CN(CCOc2cccc(F)c2)CCO1)c1cccnn1. The van der Waals surface area contributed by atoms with Crippen LogP contribution in [0.1, 0.15) is 0 Å². The second kappa shape index (κ2) is 8.73. The fourth-order valence-corrected chi connectivity index (χ4v) is 2.84. The largest absolute Gasteiger partial charge is 0.492 e. The molecule has 1 atom stereocenters. The maximum atomic E-state index is 13.1. The van der Waals surface area contributed by atoms with Crippen molar-refractivity contribution in [1.29, 1.82) is 0 Å². The Bertz CT molecular complexity index is 659. The number of halogens is 1. The van der Waals surface area contributed by atoms with Crippen LogP contribution in [0, 0.1) is 5.82 Å². The molecule has 134 valence electrons. The van der Waals surface area contributed by atoms with Crippen molar-refractivity contribution in [1.82, 2.24) is 15.1 Å². The molecule has 1 aromatic carbocycles. The van der Waals surface area contributed by atoms with Crippen molar-refractivity contribution < 1.29 is 13.9 Å². The van der Waals surface area contributed by atoms with Gasteiger partial charge in [-0.05, 0) is 24.3 Å². The molecule has 1 aliphatic heterocycles. The standard InChI is InChI=1S/C18H23FN4O2/c1-22(18-6-3-7-20-21-18)13-17-14-23(9-11-25-17)8-10-24-16-5-2-4-15(19)12-16/h2-7,12,17H,8-11,13-14H2,1H3. The first-order chi connectivity index (χ1) is 12.2. The molecule has 0 N–H and O–H groups in total. The molecular formula is C18H23FN4O2. The summed E-state index contributed by atoms with van der Waals surface area (Å²) in [4.78, 5) is 4.35. The van der Waals surface area contributed by atoms with Crippen LogP contribution in [0.3, 0.4) is 0 Å². The zero-order valence-electron chi connectivity index (χ0n) is 14.3. The van der Waals surface area contributed by atoms with Gasteiger partial charge in [0, 0.05) is 45.5 Å². The van der Waals surface area contributed by atoms with E-state index in [1.807, 2.05) is 24.1 Å². The highest BCUT2D eigenvalue weighted by Crippen LogP contribution is 2.13. The molecule has 1 aromatic heterocycles. The minimum Gasteiger partial charge on any atom is -0.492 e. The molecule has 1 unspecified atom stereocenters. The highest BCUT2D eigenvalue weighted by atomic mass is 19.1. The molecule has 0 amide bonds. The highest BCUT2D eigenvalue weighted by molar-refractivity contribution is 5.35. The second-order valence-corrected chi connectivity index (χ2v) is 6.06. The van der Waals surface area contributed by atoms with Crippen LogP contribution >= 0.6 is 0 Å². The molecule has 25 heavy (non-hydrogen) atoms. The topological polar surface area (TPSA) is 50.7 Å². The van der Waals surface area contributed by atoms with Crippen molar-refractivity contribution in [3.8, 4) is 5.75 Å². The first-order valence-electron chi connectivity index (χ1n) is 8.42. The van der Waals surface area contributed by atoms with Gasteiger partial charge in [0.25, 0.3) is 0 Å². The maximum Gasteiger partial charge on any atom is 0.151 e. The first kappa shape index (κ1) is 17.6. The van der Waals surface area contributed by atoms with Crippen molar-refractivity contribution in [2.45, 2.75) is 6.10 Å². The normalized spacial score (nSPS) is 18.1. The monoisotopic (exact) mass is 346 g/mol. The Labute approximate surface area is 147 Å². The van der Waals surface area contributed by atoms with Crippen LogP contribution in [0.4, 0.5) is 10.2 Å². The summed E-state index contributed by atoms with van der Waals surface area (Å²) >= 11 is 0. The number of aromatic nitrogens is 2. The van der Waals surface area contributed by atoms with Gasteiger partial charge in [-0.1, -0.05) is 6.07 Å². The van der Waals surface area contributed by atoms with Crippen LogP contribution in [0.5, 0.6) is 5.75 Å². The number of anilines is 1. The fraction of sp³-hybridized carbons (Fsp3) is 0.444. The third kappa shape index (κ3) is 5.37. The molecule has 1 saturated heterocycles. The van der Waals surface area contributed by atoms with Crippen LogP contribution < -0.4 is 9.64 Å². The van der Waals surface area contributed by atoms with Gasteiger partial charge < -0.3 is 14.4 Å². The number of likely N-dealkylation sites (N-methyl/N-ethyl adjacent to an activating group) is 1. The summed E-state index contributed by atoms with van der Waals surface area (Å²) in [5.41, 5.74) is 0. The Hall–Kier alpha value is -2.25. The Balaban J connectivity index is 1.43. The Morgan fingerprint density at radius 3 is 3.08 bits per heavy atom. The number of morpholine rings is 1. The molecule has 0 radical (unpaired) electrons. The summed E-state index contributed by atoms with van der Waals surface area (Å²) in [5, 5.41) is 8.01. The average Bonchev–Trinajstić information content (AvgIpc) is 2.63. The minimum atomic E-state index is -0.281. The predicted molar refractivity (Wildman–Crippen MR) is 93.4 cm³/mol. The number of rotatable bonds is 7. The number of benzene rings is 1. The van der Waals surface area contributed by atoms with E-state index in [-0.39, 0.29) is 11.9 Å². The molecule has 1 aliphatic rings. The van der Waals surface area contributed by atoms with Crippen molar-refractivity contribution in [3.05, 3.63) is 48.4 Å². The maximum absolute atomic E-state index is 13.1. The van der Waals surface area contributed by atoms with Crippen LogP contribution in [0.2, 0.25) is 0 Å². The highest BCUT2D eigenvalue weighted by Gasteiger charge is 2.22. The van der Waals surface area contributed by atoms with E-state index in [0.717, 1.165) is 32.0 Å². The Morgan fingerprint density at radius 2 is 2.28 bits per heavy atom. The lowest BCUT2D eigenvalue weighted by Gasteiger charge is -2.34. The smallest absolute Gasteiger partial charge is 0.151 e. The van der Waals surface area contributed by atoms with Gasteiger partial charge in [0.05, 0.1) is 12.7 Å². The molecule has 0 aliphatic carbocycles. The van der Waals surface area contributed by atoms with Gasteiger partial charge in [-0.25, -0.2) is 4.39 Å². The summed E-state index contributed by atoms with van der Waals surface area (Å²) in [6.45, 7) is 4.45. The Kier molecular flexibility index (Phi) is 6.14. The van der Waals surface area contributed by atoms with E-state index in [1.165, 1.54) is 12.1 Å². The summed E-state index contributed by atoms with van der Waals surface area (Å²) in [5.74, 6) is 1.11. The van der Waals surface area contributed by atoms with Gasteiger partial charge >= 0.3 is 0 Å². The third-order valence-electron chi connectivity index (χ3n) is 4.12. The lowest BCUT2D eigenvalue weighted by atomic mass is 10.2. The summed E-state index contributed by atoms with van der Waals surface area (Å²) in [6, 6.07) is 10.0. The van der Waals surface area contributed by atoms with E-state index in [1.54, 1.807) is 18.3 Å². The van der Waals surface area contributed by atoms with Gasteiger partial charge in [0.1, 0.15) is 18.2 Å². The van der Waals surface area contributed by atoms with Crippen LogP contribution in [0.15, 0.2) is 42.6 Å². The minimum absolute atomic E-state index is 0.106. The first-order valence-corrected chi connectivity index (χ1v) is 8.42. The van der Waals surface area contributed by atoms with E-state index in [9.17, 15) is 4.39 Å². The molecule has 3 rings (SSSR count). The van der Waals surface area contributed by atoms with Gasteiger partial charge in [-0.2, -0.15) is 5.10 Å². The molecule has 0 spiro atoms. The molecule has 0 bridgehead atoms. The summed E-state index contributed by atoms with van der Waals surface area (Å²) < 4.78 is 24.6. The molecular weight excluding hydrogens is 323 g/mol. The van der Waals surface area contributed by atoms with E-state index in [4.69, 9.17) is 9.47 Å². The lowest BCUT2D eigenvalue weighted by Crippen LogP contribution is -2.48. The number of ether oxygens (including phenoxy) is 2. The molecule has 0 saturated carbocycles. The van der Waals surface area contributed by atoms with Crippen molar-refractivity contribution in [3.63, 3.8) is 0 Å². The van der Waals surface area contributed by atoms with Crippen molar-refractivity contribution in [2.75, 3.05) is 51.3 Å². The zero-order chi connectivity index (χ0) is 17.5. The molecule has 6 nitrogen and oxygen atoms in total. The molecule has 2 heterocycles. The van der Waals surface area contributed by atoms with E-state index in [2.05, 4.69) is 15.1 Å². The number of nitrogens with zero attached hydrogens (tertiary/aromatic N) is 4. The van der Waals surface area contributed by atoms with Gasteiger partial charge in [-0.15, -0.1) is 5.10 Å². The van der Waals surface area contributed by atoms with Crippen LogP contribution in [-0.2, 0) is 4.74 Å².